The average molecular weight is 621 g/mol. The normalized spacial score (nSPS) is 24.2. The molecule has 13 heteroatoms. The van der Waals surface area contributed by atoms with Crippen LogP contribution in [0.1, 0.15) is 79.9 Å². The molecular weight excluding hydrogens is 580 g/mol. The molecular formula is C31H40F4N6O3. The van der Waals surface area contributed by atoms with E-state index in [1.807, 2.05) is 7.05 Å². The highest BCUT2D eigenvalue weighted by Gasteiger charge is 2.58. The number of carbonyl (C=O) groups is 2. The Kier molecular flexibility index (Phi) is 9.33. The number of nitrogens with one attached hydrogen (secondary N) is 3. The zero-order valence-electron chi connectivity index (χ0n) is 25.3. The Morgan fingerprint density at radius 2 is 1.89 bits per heavy atom. The van der Waals surface area contributed by atoms with Crippen LogP contribution in [0.2, 0.25) is 0 Å². The molecule has 3 fully saturated rings. The van der Waals surface area contributed by atoms with Crippen LogP contribution in [0, 0.1) is 17.2 Å². The van der Waals surface area contributed by atoms with E-state index in [1.54, 1.807) is 0 Å². The number of methoxy groups -OCH3 is 1. The third kappa shape index (κ3) is 7.08. The van der Waals surface area contributed by atoms with Crippen LogP contribution in [0.15, 0.2) is 18.3 Å². The van der Waals surface area contributed by atoms with E-state index >= 15 is 4.39 Å². The lowest BCUT2D eigenvalue weighted by molar-refractivity contribution is -0.138. The zero-order chi connectivity index (χ0) is 31.6. The van der Waals surface area contributed by atoms with Gasteiger partial charge in [0.1, 0.15) is 11.6 Å². The van der Waals surface area contributed by atoms with Crippen molar-refractivity contribution < 1.29 is 31.9 Å². The summed E-state index contributed by atoms with van der Waals surface area (Å²) in [6, 6.07) is 2.29. The van der Waals surface area contributed by atoms with Crippen LogP contribution < -0.4 is 20.7 Å². The van der Waals surface area contributed by atoms with Crippen LogP contribution in [0.5, 0.6) is 5.75 Å². The Morgan fingerprint density at radius 1 is 1.14 bits per heavy atom. The van der Waals surface area contributed by atoms with Gasteiger partial charge in [-0.1, -0.05) is 12.8 Å². The van der Waals surface area contributed by atoms with E-state index in [-0.39, 0.29) is 64.4 Å². The highest BCUT2D eigenvalue weighted by molar-refractivity contribution is 5.96. The third-order valence-electron chi connectivity index (χ3n) is 9.47. The molecule has 2 saturated carbocycles. The number of carbonyl (C=O) groups excluding carboxylic acids is 2. The van der Waals surface area contributed by atoms with Gasteiger partial charge >= 0.3 is 6.18 Å². The van der Waals surface area contributed by atoms with E-state index in [9.17, 15) is 22.8 Å². The predicted octanol–water partition coefficient (Wildman–Crippen LogP) is 5.23. The fourth-order valence-electron chi connectivity index (χ4n) is 6.99. The van der Waals surface area contributed by atoms with Crippen molar-refractivity contribution in [1.29, 1.82) is 0 Å². The lowest BCUT2D eigenvalue weighted by atomic mass is 9.79. The first-order chi connectivity index (χ1) is 20.9. The van der Waals surface area contributed by atoms with E-state index < -0.39 is 23.5 Å². The smallest absolute Gasteiger partial charge is 0.419 e. The van der Waals surface area contributed by atoms with Crippen LogP contribution in [-0.2, 0) is 17.4 Å². The maximum absolute atomic E-state index is 15.2. The minimum absolute atomic E-state index is 0.0419. The van der Waals surface area contributed by atoms with Gasteiger partial charge in [-0.05, 0) is 82.5 Å². The summed E-state index contributed by atoms with van der Waals surface area (Å²) in [6.45, 7) is 3.14. The number of piperidine rings is 1. The number of hydrogen-bond acceptors (Lipinski definition) is 7. The highest BCUT2D eigenvalue weighted by atomic mass is 19.4. The van der Waals surface area contributed by atoms with Crippen molar-refractivity contribution in [3.05, 3.63) is 41.0 Å². The first-order valence-electron chi connectivity index (χ1n) is 15.2. The molecule has 1 saturated heterocycles. The number of nitrogens with zero attached hydrogens (tertiary/aromatic N) is 3. The Balaban J connectivity index is 1.31. The Morgan fingerprint density at radius 3 is 2.57 bits per heavy atom. The molecule has 240 valence electrons. The molecule has 2 aliphatic carbocycles. The molecule has 3 N–H and O–H groups in total. The molecule has 1 aliphatic heterocycles. The van der Waals surface area contributed by atoms with Crippen molar-refractivity contribution in [2.24, 2.45) is 11.3 Å². The molecule has 5 rings (SSSR count). The molecule has 3 aliphatic rings. The zero-order valence-corrected chi connectivity index (χ0v) is 25.3. The molecule has 0 unspecified atom stereocenters. The number of aromatic nitrogens is 2. The molecule has 2 amide bonds. The number of ether oxygens (including phenoxy) is 1. The molecule has 1 spiro atoms. The standard InChI is InChI=1S/C31H40F4N6O3/c1-18(42)37-27-6-4-5-11-30(27)16-19(30)7-8-24-22(31(33,34)35)17-36-29(39-24)40-25-15-23(32)21(14-26(25)44-3)28(43)38-20-9-12-41(2)13-10-20/h14-15,17,19-20,27H,4-13,16H2,1-3H3,(H,37,42)(H,38,43)(H,36,39,40)/t19-,27-,30+/m1/s1. The topological polar surface area (TPSA) is 108 Å². The van der Waals surface area contributed by atoms with Gasteiger partial charge in [-0.3, -0.25) is 9.59 Å². The number of likely N-dealkylation sites (tertiary alicyclic amines) is 1. The number of hydrogen-bond donors (Lipinski definition) is 3. The number of aryl methyl sites for hydroxylation is 1. The monoisotopic (exact) mass is 620 g/mol. The van der Waals surface area contributed by atoms with Gasteiger partial charge in [0, 0.05) is 31.3 Å². The molecule has 2 aromatic rings. The van der Waals surface area contributed by atoms with Gasteiger partial charge in [-0.2, -0.15) is 13.2 Å². The summed E-state index contributed by atoms with van der Waals surface area (Å²) in [5.41, 5.74) is -1.26. The van der Waals surface area contributed by atoms with E-state index in [0.29, 0.717) is 6.42 Å². The number of anilines is 2. The maximum atomic E-state index is 15.2. The van der Waals surface area contributed by atoms with Crippen molar-refractivity contribution in [2.45, 2.75) is 83.0 Å². The van der Waals surface area contributed by atoms with Crippen molar-refractivity contribution in [3.8, 4) is 5.75 Å². The molecule has 0 bridgehead atoms. The lowest BCUT2D eigenvalue weighted by Gasteiger charge is -2.33. The number of rotatable bonds is 9. The molecule has 0 radical (unpaired) electrons. The highest BCUT2D eigenvalue weighted by Crippen LogP contribution is 2.63. The lowest BCUT2D eigenvalue weighted by Crippen LogP contribution is -2.43. The average Bonchev–Trinajstić information content (AvgIpc) is 3.66. The second-order valence-corrected chi connectivity index (χ2v) is 12.4. The fourth-order valence-corrected chi connectivity index (χ4v) is 6.99. The van der Waals surface area contributed by atoms with Crippen molar-refractivity contribution in [3.63, 3.8) is 0 Å². The Bertz CT molecular complexity index is 1380. The molecule has 1 aromatic heterocycles. The Hall–Kier alpha value is -3.48. The molecule has 2 heterocycles. The van der Waals surface area contributed by atoms with E-state index in [4.69, 9.17) is 4.74 Å². The predicted molar refractivity (Wildman–Crippen MR) is 156 cm³/mol. The number of benzene rings is 1. The summed E-state index contributed by atoms with van der Waals surface area (Å²) in [4.78, 5) is 34.8. The van der Waals surface area contributed by atoms with E-state index in [1.165, 1.54) is 20.1 Å². The number of alkyl halides is 3. The summed E-state index contributed by atoms with van der Waals surface area (Å²) >= 11 is 0. The van der Waals surface area contributed by atoms with Gasteiger partial charge in [0.25, 0.3) is 5.91 Å². The minimum Gasteiger partial charge on any atom is -0.495 e. The van der Waals surface area contributed by atoms with E-state index in [0.717, 1.165) is 70.3 Å². The van der Waals surface area contributed by atoms with Crippen molar-refractivity contribution >= 4 is 23.5 Å². The molecule has 3 atom stereocenters. The minimum atomic E-state index is -4.65. The first-order valence-corrected chi connectivity index (χ1v) is 15.2. The van der Waals surface area contributed by atoms with Crippen LogP contribution in [0.3, 0.4) is 0 Å². The van der Waals surface area contributed by atoms with Crippen LogP contribution in [-0.4, -0.2) is 66.0 Å². The Labute approximate surface area is 254 Å². The summed E-state index contributed by atoms with van der Waals surface area (Å²) < 4.78 is 62.3. The van der Waals surface area contributed by atoms with Gasteiger partial charge in [0.15, 0.2) is 0 Å². The number of amides is 2. The molecule has 1 aromatic carbocycles. The molecule has 44 heavy (non-hydrogen) atoms. The number of halogens is 4. The maximum Gasteiger partial charge on any atom is 0.419 e. The summed E-state index contributed by atoms with van der Waals surface area (Å²) in [5.74, 6) is -1.31. The van der Waals surface area contributed by atoms with Gasteiger partial charge < -0.3 is 25.6 Å². The molecule has 9 nitrogen and oxygen atoms in total. The fraction of sp³-hybridized carbons (Fsp3) is 0.613. The van der Waals surface area contributed by atoms with E-state index in [2.05, 4.69) is 30.8 Å². The van der Waals surface area contributed by atoms with Gasteiger partial charge in [0.2, 0.25) is 11.9 Å². The second-order valence-electron chi connectivity index (χ2n) is 12.4. The van der Waals surface area contributed by atoms with Gasteiger partial charge in [0.05, 0.1) is 29.6 Å². The van der Waals surface area contributed by atoms with Crippen molar-refractivity contribution in [2.75, 3.05) is 32.6 Å². The summed E-state index contributed by atoms with van der Waals surface area (Å²) in [6.07, 6.45) is 2.92. The first kappa shape index (κ1) is 31.9. The van der Waals surface area contributed by atoms with Crippen LogP contribution in [0.25, 0.3) is 0 Å². The quantitative estimate of drug-likeness (QED) is 0.330. The second kappa shape index (κ2) is 12.9. The largest absolute Gasteiger partial charge is 0.495 e. The van der Waals surface area contributed by atoms with Crippen LogP contribution in [0.4, 0.5) is 29.2 Å². The summed E-state index contributed by atoms with van der Waals surface area (Å²) in [5, 5.41) is 8.72. The SMILES string of the molecule is COc1cc(C(=O)NC2CCN(C)CC2)c(F)cc1Nc1ncc(C(F)(F)F)c(CC[C@@H]2C[C@@]23CCCC[C@H]3NC(C)=O)n1. The van der Waals surface area contributed by atoms with Crippen LogP contribution >= 0.6 is 0 Å². The third-order valence-corrected chi connectivity index (χ3v) is 9.47. The van der Waals surface area contributed by atoms with Gasteiger partial charge in [-0.25, -0.2) is 14.4 Å². The van der Waals surface area contributed by atoms with Gasteiger partial charge in [-0.15, -0.1) is 0 Å². The van der Waals surface area contributed by atoms with Crippen molar-refractivity contribution in [1.82, 2.24) is 25.5 Å². The summed E-state index contributed by atoms with van der Waals surface area (Å²) in [7, 11) is 3.35.